The predicted molar refractivity (Wildman–Crippen MR) is 106 cm³/mol. The average Bonchev–Trinajstić information content (AvgIpc) is 2.67. The van der Waals surface area contributed by atoms with Crippen molar-refractivity contribution in [1.82, 2.24) is 8.61 Å². The molecule has 0 aliphatic carbocycles. The monoisotopic (exact) mass is 408 g/mol. The van der Waals surface area contributed by atoms with Crippen LogP contribution in [-0.4, -0.2) is 47.4 Å². The second kappa shape index (κ2) is 11.7. The largest absolute Gasteiger partial charge is 0.448 e. The summed E-state index contributed by atoms with van der Waals surface area (Å²) in [7, 11) is 1.46. The molecule has 1 rings (SSSR count). The molecule has 0 aliphatic rings. The Morgan fingerprint density at radius 1 is 1.36 bits per heavy atom. The van der Waals surface area contributed by atoms with Crippen molar-refractivity contribution in [2.24, 2.45) is 0 Å². The van der Waals surface area contributed by atoms with Gasteiger partial charge in [-0.1, -0.05) is 13.8 Å². The molecule has 0 aliphatic heterocycles. The van der Waals surface area contributed by atoms with Crippen LogP contribution in [0.5, 0.6) is 5.75 Å². The van der Waals surface area contributed by atoms with Crippen molar-refractivity contribution in [1.29, 1.82) is 5.26 Å². The van der Waals surface area contributed by atoms with Gasteiger partial charge in [-0.2, -0.15) is 5.26 Å². The molecule has 3 amide bonds. The van der Waals surface area contributed by atoms with E-state index in [-0.39, 0.29) is 25.5 Å². The van der Waals surface area contributed by atoms with Crippen LogP contribution < -0.4 is 10.1 Å². The maximum atomic E-state index is 12.3. The second-order valence-electron chi connectivity index (χ2n) is 5.83. The molecule has 152 valence electrons. The SMILES string of the molecule is CCN(SN(C)C(=O)Oc1ccc(NC=O)c(C(C)C)c1)C(=O)OCCC#N. The fourth-order valence-corrected chi connectivity index (χ4v) is 2.73. The van der Waals surface area contributed by atoms with Crippen LogP contribution in [0.2, 0.25) is 0 Å². The highest BCUT2D eigenvalue weighted by Crippen LogP contribution is 2.29. The summed E-state index contributed by atoms with van der Waals surface area (Å²) in [6.45, 7) is 5.91. The Labute approximate surface area is 168 Å². The van der Waals surface area contributed by atoms with Gasteiger partial charge in [0, 0.05) is 19.3 Å². The number of amides is 3. The number of ether oxygens (including phenoxy) is 2. The van der Waals surface area contributed by atoms with Crippen molar-refractivity contribution in [3.05, 3.63) is 23.8 Å². The number of carbonyl (C=O) groups excluding carboxylic acids is 3. The molecule has 0 atom stereocenters. The van der Waals surface area contributed by atoms with Gasteiger partial charge in [-0.05, 0) is 36.6 Å². The summed E-state index contributed by atoms with van der Waals surface area (Å²) in [4.78, 5) is 35.0. The molecule has 0 saturated carbocycles. The average molecular weight is 408 g/mol. The number of nitrogens with one attached hydrogen (secondary N) is 1. The zero-order valence-electron chi connectivity index (χ0n) is 16.3. The number of nitrogens with zero attached hydrogens (tertiary/aromatic N) is 3. The van der Waals surface area contributed by atoms with Gasteiger partial charge < -0.3 is 14.8 Å². The van der Waals surface area contributed by atoms with Gasteiger partial charge in [0.15, 0.2) is 0 Å². The highest BCUT2D eigenvalue weighted by molar-refractivity contribution is 7.95. The lowest BCUT2D eigenvalue weighted by molar-refractivity contribution is -0.105. The van der Waals surface area contributed by atoms with Crippen molar-refractivity contribution < 1.29 is 23.9 Å². The number of anilines is 1. The maximum absolute atomic E-state index is 12.3. The van der Waals surface area contributed by atoms with Crippen molar-refractivity contribution in [3.8, 4) is 11.8 Å². The van der Waals surface area contributed by atoms with Gasteiger partial charge >= 0.3 is 12.2 Å². The molecule has 0 spiro atoms. The summed E-state index contributed by atoms with van der Waals surface area (Å²) in [5, 5.41) is 11.1. The second-order valence-corrected chi connectivity index (χ2v) is 6.98. The topological polar surface area (TPSA) is 112 Å². The standard InChI is InChI=1S/C18H24N4O5S/c1-5-22(18(25)26-10-6-9-19)28-21(4)17(24)27-14-7-8-16(20-12-23)15(11-14)13(2)3/h7-8,11-13H,5-6,10H2,1-4H3,(H,20,23). The third-order valence-electron chi connectivity index (χ3n) is 3.47. The molecule has 1 aromatic carbocycles. The molecule has 1 N–H and O–H groups in total. The Hall–Kier alpha value is -2.93. The van der Waals surface area contributed by atoms with E-state index in [9.17, 15) is 14.4 Å². The Morgan fingerprint density at radius 3 is 2.64 bits per heavy atom. The van der Waals surface area contributed by atoms with Crippen LogP contribution in [-0.2, 0) is 9.53 Å². The van der Waals surface area contributed by atoms with E-state index >= 15 is 0 Å². The Bertz CT molecular complexity index is 735. The molecule has 0 saturated heterocycles. The van der Waals surface area contributed by atoms with E-state index in [0.717, 1.165) is 22.0 Å². The third-order valence-corrected chi connectivity index (χ3v) is 4.47. The molecule has 9 nitrogen and oxygen atoms in total. The van der Waals surface area contributed by atoms with E-state index in [4.69, 9.17) is 14.7 Å². The van der Waals surface area contributed by atoms with Gasteiger partial charge in [-0.3, -0.25) is 4.79 Å². The Balaban J connectivity index is 2.75. The molecule has 0 bridgehead atoms. The van der Waals surface area contributed by atoms with E-state index < -0.39 is 12.2 Å². The Kier molecular flexibility index (Phi) is 9.67. The summed E-state index contributed by atoms with van der Waals surface area (Å²) < 4.78 is 12.7. The molecule has 1 aromatic rings. The molecule has 10 heteroatoms. The highest BCUT2D eigenvalue weighted by atomic mass is 32.2. The molecule has 28 heavy (non-hydrogen) atoms. The third kappa shape index (κ3) is 7.00. The van der Waals surface area contributed by atoms with E-state index in [1.54, 1.807) is 25.1 Å². The van der Waals surface area contributed by atoms with Crippen LogP contribution in [0.15, 0.2) is 18.2 Å². The van der Waals surface area contributed by atoms with Crippen LogP contribution >= 0.6 is 12.1 Å². The quantitative estimate of drug-likeness (QED) is 0.376. The molecular weight excluding hydrogens is 384 g/mol. The number of rotatable bonds is 9. The van der Waals surface area contributed by atoms with E-state index in [1.807, 2.05) is 19.9 Å². The highest BCUT2D eigenvalue weighted by Gasteiger charge is 2.21. The number of hydrogen-bond acceptors (Lipinski definition) is 7. The minimum absolute atomic E-state index is 0.0142. The molecular formula is C18H24N4O5S. The smallest absolute Gasteiger partial charge is 0.426 e. The molecule has 0 aromatic heterocycles. The lowest BCUT2D eigenvalue weighted by atomic mass is 10.0. The van der Waals surface area contributed by atoms with Crippen LogP contribution in [0.4, 0.5) is 15.3 Å². The summed E-state index contributed by atoms with van der Waals surface area (Å²) in [5.41, 5.74) is 1.47. The summed E-state index contributed by atoms with van der Waals surface area (Å²) in [5.74, 6) is 0.421. The van der Waals surface area contributed by atoms with E-state index in [2.05, 4.69) is 5.32 Å². The Morgan fingerprint density at radius 2 is 2.07 bits per heavy atom. The van der Waals surface area contributed by atoms with E-state index in [1.165, 1.54) is 11.4 Å². The van der Waals surface area contributed by atoms with Crippen molar-refractivity contribution in [2.75, 3.05) is 25.5 Å². The van der Waals surface area contributed by atoms with Crippen LogP contribution in [0.25, 0.3) is 0 Å². The zero-order valence-corrected chi connectivity index (χ0v) is 17.1. The fourth-order valence-electron chi connectivity index (χ4n) is 2.10. The molecule has 0 radical (unpaired) electrons. The first kappa shape index (κ1) is 23.1. The van der Waals surface area contributed by atoms with Gasteiger partial charge in [0.25, 0.3) is 0 Å². The summed E-state index contributed by atoms with van der Waals surface area (Å²) in [6, 6.07) is 6.79. The molecule has 0 fully saturated rings. The lowest BCUT2D eigenvalue weighted by Gasteiger charge is -2.23. The maximum Gasteiger partial charge on any atom is 0.426 e. The van der Waals surface area contributed by atoms with Crippen LogP contribution in [0.3, 0.4) is 0 Å². The number of nitriles is 1. The predicted octanol–water partition coefficient (Wildman–Crippen LogP) is 3.74. The normalized spacial score (nSPS) is 10.0. The van der Waals surface area contributed by atoms with Crippen molar-refractivity contribution in [3.63, 3.8) is 0 Å². The zero-order chi connectivity index (χ0) is 21.1. The van der Waals surface area contributed by atoms with Gasteiger partial charge in [-0.15, -0.1) is 0 Å². The molecule has 0 unspecified atom stereocenters. The molecule has 0 heterocycles. The van der Waals surface area contributed by atoms with Crippen molar-refractivity contribution >= 4 is 36.4 Å². The van der Waals surface area contributed by atoms with Gasteiger partial charge in [0.2, 0.25) is 6.41 Å². The first-order valence-corrected chi connectivity index (χ1v) is 9.36. The van der Waals surface area contributed by atoms with Gasteiger partial charge in [0.1, 0.15) is 12.4 Å². The first-order valence-electron chi connectivity index (χ1n) is 8.63. The van der Waals surface area contributed by atoms with Gasteiger partial charge in [0.05, 0.1) is 24.6 Å². The summed E-state index contributed by atoms with van der Waals surface area (Å²) >= 11 is 0.836. The van der Waals surface area contributed by atoms with E-state index in [0.29, 0.717) is 17.8 Å². The van der Waals surface area contributed by atoms with Crippen molar-refractivity contribution in [2.45, 2.75) is 33.1 Å². The fraction of sp³-hybridized carbons (Fsp3) is 0.444. The van der Waals surface area contributed by atoms with Crippen LogP contribution in [0.1, 0.15) is 38.7 Å². The van der Waals surface area contributed by atoms with Crippen LogP contribution in [0, 0.1) is 11.3 Å². The lowest BCUT2D eigenvalue weighted by Crippen LogP contribution is -2.33. The van der Waals surface area contributed by atoms with Gasteiger partial charge in [-0.25, -0.2) is 18.2 Å². The minimum atomic E-state index is -0.681. The first-order chi connectivity index (χ1) is 13.3. The number of benzene rings is 1. The number of carbonyl (C=O) groups is 3. The summed E-state index contributed by atoms with van der Waals surface area (Å²) in [6.07, 6.45) is -0.640. The number of hydrogen-bond donors (Lipinski definition) is 1. The minimum Gasteiger partial charge on any atom is -0.448 e.